The van der Waals surface area contributed by atoms with Crippen molar-refractivity contribution in [1.82, 2.24) is 10.2 Å². The quantitative estimate of drug-likeness (QED) is 0.220. The number of ether oxygens (including phenoxy) is 1. The molecule has 0 aromatic heterocycles. The average molecular weight is 735 g/mol. The highest BCUT2D eigenvalue weighted by atomic mass is 19.4. The first kappa shape index (κ1) is 41.2. The van der Waals surface area contributed by atoms with Gasteiger partial charge in [-0.3, -0.25) is 4.79 Å². The maximum atomic E-state index is 12.7. The average Bonchev–Trinajstić information content (AvgIpc) is 3.46. The second-order valence-electron chi connectivity index (χ2n) is 14.0. The molecule has 0 bridgehead atoms. The molecule has 2 aromatic rings. The number of likely N-dealkylation sites (tertiary alicyclic amines) is 1. The number of piperidine rings is 2. The number of ketones is 1. The summed E-state index contributed by atoms with van der Waals surface area (Å²) in [5.74, 6) is -5.26. The first-order valence-electron chi connectivity index (χ1n) is 16.3. The molecule has 2 aromatic carbocycles. The fraction of sp³-hybridized carbons (Fsp3) is 0.543. The number of nitrogens with zero attached hydrogens (tertiary/aromatic N) is 1. The molecule has 2 aliphatic heterocycles. The molecule has 6 rings (SSSR count). The predicted octanol–water partition coefficient (Wildman–Crippen LogP) is 6.57. The smallest absolute Gasteiger partial charge is 0.475 e. The van der Waals surface area contributed by atoms with Crippen LogP contribution in [-0.2, 0) is 27.2 Å². The van der Waals surface area contributed by atoms with Crippen LogP contribution in [-0.4, -0.2) is 83.1 Å². The highest BCUT2D eigenvalue weighted by molar-refractivity contribution is 6.05. The van der Waals surface area contributed by atoms with E-state index in [1.54, 1.807) is 4.90 Å². The van der Waals surface area contributed by atoms with Crippen LogP contribution in [0.1, 0.15) is 81.0 Å². The summed E-state index contributed by atoms with van der Waals surface area (Å²) in [4.78, 5) is 44.4. The molecular formula is C35H45F6N3O7. The Morgan fingerprint density at radius 3 is 1.75 bits per heavy atom. The molecule has 2 aliphatic carbocycles. The first-order valence-corrected chi connectivity index (χ1v) is 16.3. The van der Waals surface area contributed by atoms with E-state index in [1.807, 2.05) is 45.0 Å². The molecule has 2 spiro atoms. The van der Waals surface area contributed by atoms with Gasteiger partial charge >= 0.3 is 30.4 Å². The van der Waals surface area contributed by atoms with Gasteiger partial charge in [-0.25, -0.2) is 14.4 Å². The zero-order chi connectivity index (χ0) is 38.4. The number of aliphatic carboxylic acids is 2. The number of hydrogen-bond acceptors (Lipinski definition) is 7. The lowest BCUT2D eigenvalue weighted by molar-refractivity contribution is -0.193. The molecule has 16 heteroatoms. The Morgan fingerprint density at radius 1 is 0.824 bits per heavy atom. The van der Waals surface area contributed by atoms with Crippen molar-refractivity contribution in [2.45, 2.75) is 83.3 Å². The lowest BCUT2D eigenvalue weighted by Crippen LogP contribution is -2.47. The van der Waals surface area contributed by atoms with Crippen LogP contribution in [0.2, 0.25) is 0 Å². The molecule has 2 fully saturated rings. The van der Waals surface area contributed by atoms with Crippen LogP contribution in [0.15, 0.2) is 48.5 Å². The van der Waals surface area contributed by atoms with Gasteiger partial charge in [0.25, 0.3) is 0 Å². The summed E-state index contributed by atoms with van der Waals surface area (Å²) in [5.41, 5.74) is 10.9. The zero-order valence-corrected chi connectivity index (χ0v) is 28.5. The molecule has 4 aliphatic rings. The van der Waals surface area contributed by atoms with Gasteiger partial charge in [-0.1, -0.05) is 48.5 Å². The van der Waals surface area contributed by atoms with Gasteiger partial charge in [0.05, 0.1) is 0 Å². The third kappa shape index (κ3) is 10.7. The number of benzene rings is 2. The number of alkyl halides is 6. The third-order valence-corrected chi connectivity index (χ3v) is 9.32. The Kier molecular flexibility index (Phi) is 12.9. The summed E-state index contributed by atoms with van der Waals surface area (Å²) in [6.45, 7) is 9.04. The summed E-state index contributed by atoms with van der Waals surface area (Å²) in [6, 6.07) is 16.8. The largest absolute Gasteiger partial charge is 0.490 e. The number of rotatable bonds is 0. The van der Waals surface area contributed by atoms with E-state index in [-0.39, 0.29) is 24.8 Å². The zero-order valence-electron chi connectivity index (χ0n) is 28.5. The highest BCUT2D eigenvalue weighted by Gasteiger charge is 2.48. The van der Waals surface area contributed by atoms with Gasteiger partial charge in [-0.05, 0) is 94.5 Å². The molecule has 10 nitrogen and oxygen atoms in total. The van der Waals surface area contributed by atoms with Gasteiger partial charge in [-0.15, -0.1) is 0 Å². The normalized spacial score (nSPS) is 20.0. The molecule has 5 N–H and O–H groups in total. The number of carbonyl (C=O) groups is 4. The number of fused-ring (bicyclic) bond motifs is 2. The van der Waals surface area contributed by atoms with E-state index in [0.29, 0.717) is 18.5 Å². The van der Waals surface area contributed by atoms with Gasteiger partial charge in [-0.2, -0.15) is 26.3 Å². The van der Waals surface area contributed by atoms with Crippen LogP contribution in [0.25, 0.3) is 0 Å². The number of carboxylic acids is 2. The standard InChI is InChI=1S/C18H23NO3.C13H18N2.2C2HF3O2.H2/c1-17(2,3)22-16(21)19-10-8-18(9-11-19)12-13-6-4-5-7-14(13)15(18)20;14-12-11-4-2-1-3-10(11)9-13(12)5-7-15-8-6-13;2*3-2(4,5)1(6)7;/h4-7H,8-12H2,1-3H3;1-4,12,15H,5-9,14H2;2*(H,6,7);1H/i;;;;1+1. The lowest BCUT2D eigenvalue weighted by Gasteiger charge is -2.38. The minimum Gasteiger partial charge on any atom is -0.475 e. The number of halogens is 6. The van der Waals surface area contributed by atoms with E-state index in [0.717, 1.165) is 43.5 Å². The molecule has 284 valence electrons. The van der Waals surface area contributed by atoms with E-state index < -0.39 is 29.9 Å². The van der Waals surface area contributed by atoms with Gasteiger partial charge in [0, 0.05) is 31.5 Å². The summed E-state index contributed by atoms with van der Waals surface area (Å²) < 4.78 is 68.9. The fourth-order valence-corrected chi connectivity index (χ4v) is 6.70. The van der Waals surface area contributed by atoms with Crippen LogP contribution in [0, 0.1) is 10.8 Å². The van der Waals surface area contributed by atoms with Gasteiger partial charge in [0.15, 0.2) is 5.78 Å². The molecule has 0 radical (unpaired) electrons. The molecule has 1 unspecified atom stereocenters. The minimum atomic E-state index is -5.08. The van der Waals surface area contributed by atoms with Crippen molar-refractivity contribution < 1.29 is 61.9 Å². The number of Topliss-reactive ketones (excluding diaryl/α,β-unsaturated/α-hetero) is 1. The molecule has 2 saturated heterocycles. The van der Waals surface area contributed by atoms with Crippen molar-refractivity contribution in [3.8, 4) is 0 Å². The Hall–Kier alpha value is -4.18. The third-order valence-electron chi connectivity index (χ3n) is 9.32. The van der Waals surface area contributed by atoms with Gasteiger partial charge in [0.1, 0.15) is 5.60 Å². The Morgan fingerprint density at radius 2 is 1.29 bits per heavy atom. The van der Waals surface area contributed by atoms with Crippen molar-refractivity contribution >= 4 is 23.8 Å². The van der Waals surface area contributed by atoms with Crippen LogP contribution < -0.4 is 11.1 Å². The van der Waals surface area contributed by atoms with Gasteiger partial charge in [0.2, 0.25) is 0 Å². The van der Waals surface area contributed by atoms with E-state index >= 15 is 0 Å². The van der Waals surface area contributed by atoms with E-state index in [9.17, 15) is 35.9 Å². The Labute approximate surface area is 292 Å². The van der Waals surface area contributed by atoms with Crippen LogP contribution in [0.3, 0.4) is 0 Å². The van der Waals surface area contributed by atoms with E-state index in [1.165, 1.54) is 30.4 Å². The summed E-state index contributed by atoms with van der Waals surface area (Å²) >= 11 is 0. The molecule has 1 amide bonds. The predicted molar refractivity (Wildman–Crippen MR) is 175 cm³/mol. The minimum absolute atomic E-state index is 0. The van der Waals surface area contributed by atoms with Crippen LogP contribution in [0.5, 0.6) is 0 Å². The lowest BCUT2D eigenvalue weighted by atomic mass is 9.73. The number of nitrogens with two attached hydrogens (primary N) is 1. The van der Waals surface area contributed by atoms with Crippen molar-refractivity contribution in [3.05, 3.63) is 70.8 Å². The Bertz CT molecular complexity index is 1540. The highest BCUT2D eigenvalue weighted by Crippen LogP contribution is 2.49. The number of carboxylic acid groups (broad SMARTS) is 2. The van der Waals surface area contributed by atoms with Crippen molar-refractivity contribution in [2.75, 3.05) is 26.2 Å². The van der Waals surface area contributed by atoms with Crippen molar-refractivity contribution in [3.63, 3.8) is 0 Å². The molecule has 51 heavy (non-hydrogen) atoms. The topological polar surface area (TPSA) is 159 Å². The Balaban J connectivity index is 0.000000270. The first-order chi connectivity index (χ1) is 23.5. The summed E-state index contributed by atoms with van der Waals surface area (Å²) in [7, 11) is 0. The number of amides is 1. The number of hydrogen-bond donors (Lipinski definition) is 4. The van der Waals surface area contributed by atoms with E-state index in [2.05, 4.69) is 29.6 Å². The van der Waals surface area contributed by atoms with Crippen LogP contribution >= 0.6 is 0 Å². The molecule has 1 atom stereocenters. The number of nitrogens with one attached hydrogen (secondary N) is 1. The van der Waals surface area contributed by atoms with E-state index in [4.69, 9.17) is 30.3 Å². The summed E-state index contributed by atoms with van der Waals surface area (Å²) in [6.07, 6.45) is -4.55. The SMILES string of the molecule is CC(C)(C)OC(=O)N1CCC2(CC1)Cc1ccccc1C2=O.NC1c2ccccc2CC12CCNCC2.O=C(O)C(F)(F)F.O=C(O)C(F)(F)F.[2HH]. The van der Waals surface area contributed by atoms with Crippen LogP contribution in [0.4, 0.5) is 31.1 Å². The van der Waals surface area contributed by atoms with Crippen molar-refractivity contribution in [2.24, 2.45) is 16.6 Å². The van der Waals surface area contributed by atoms with Crippen molar-refractivity contribution in [1.29, 1.82) is 0 Å². The maximum Gasteiger partial charge on any atom is 0.490 e. The van der Waals surface area contributed by atoms with Gasteiger partial charge < -0.3 is 30.9 Å². The number of carbonyl (C=O) groups excluding carboxylic acids is 2. The molecular weight excluding hydrogens is 688 g/mol. The second-order valence-corrected chi connectivity index (χ2v) is 14.0. The fourth-order valence-electron chi connectivity index (χ4n) is 6.70. The maximum absolute atomic E-state index is 12.7. The second kappa shape index (κ2) is 16.0. The molecule has 2 heterocycles. The monoisotopic (exact) mass is 734 g/mol. The molecule has 0 saturated carbocycles. The summed E-state index contributed by atoms with van der Waals surface area (Å²) in [5, 5.41) is 17.7.